The number of likely N-dealkylation sites (N-methyl/N-ethyl adjacent to an activating group) is 1. The molecule has 108 valence electrons. The van der Waals surface area contributed by atoms with Gasteiger partial charge in [-0.2, -0.15) is 0 Å². The van der Waals surface area contributed by atoms with Gasteiger partial charge in [-0.3, -0.25) is 4.90 Å². The highest BCUT2D eigenvalue weighted by Gasteiger charge is 2.20. The fourth-order valence-electron chi connectivity index (χ4n) is 2.34. The van der Waals surface area contributed by atoms with E-state index in [1.807, 2.05) is 12.1 Å². The van der Waals surface area contributed by atoms with Gasteiger partial charge in [-0.25, -0.2) is 4.39 Å². The predicted octanol–water partition coefficient (Wildman–Crippen LogP) is 2.10. The molecule has 0 spiro atoms. The van der Waals surface area contributed by atoms with Crippen molar-refractivity contribution in [1.82, 2.24) is 9.80 Å². The van der Waals surface area contributed by atoms with Crippen LogP contribution in [0.4, 0.5) is 4.39 Å². The highest BCUT2D eigenvalue weighted by atomic mass is 19.1. The highest BCUT2D eigenvalue weighted by molar-refractivity contribution is 5.21. The van der Waals surface area contributed by atoms with Crippen LogP contribution in [0.3, 0.4) is 0 Å². The van der Waals surface area contributed by atoms with Crippen molar-refractivity contribution in [3.8, 4) is 0 Å². The van der Waals surface area contributed by atoms with Crippen molar-refractivity contribution in [3.63, 3.8) is 0 Å². The molecule has 0 radical (unpaired) electrons. The van der Waals surface area contributed by atoms with Crippen LogP contribution >= 0.6 is 0 Å². The molecule has 1 unspecified atom stereocenters. The van der Waals surface area contributed by atoms with E-state index >= 15 is 0 Å². The van der Waals surface area contributed by atoms with Crippen LogP contribution in [0.15, 0.2) is 24.3 Å². The molecule has 0 aliphatic heterocycles. The molecule has 0 amide bonds. The van der Waals surface area contributed by atoms with Crippen LogP contribution in [-0.2, 0) is 0 Å². The number of rotatable bonds is 8. The SMILES string of the molecule is CCN(CCCN(C)C)C(CN)c1ccccc1F. The van der Waals surface area contributed by atoms with Crippen molar-refractivity contribution in [1.29, 1.82) is 0 Å². The fraction of sp³-hybridized carbons (Fsp3) is 0.600. The molecule has 3 nitrogen and oxygen atoms in total. The van der Waals surface area contributed by atoms with Crippen molar-refractivity contribution in [3.05, 3.63) is 35.6 Å². The summed E-state index contributed by atoms with van der Waals surface area (Å²) < 4.78 is 13.9. The molecule has 4 heteroatoms. The molecule has 0 aliphatic carbocycles. The maximum Gasteiger partial charge on any atom is 0.128 e. The molecule has 1 aromatic carbocycles. The molecule has 0 fully saturated rings. The van der Waals surface area contributed by atoms with Crippen molar-refractivity contribution in [2.24, 2.45) is 5.73 Å². The number of nitrogens with zero attached hydrogens (tertiary/aromatic N) is 2. The maximum absolute atomic E-state index is 13.9. The quantitative estimate of drug-likeness (QED) is 0.783. The van der Waals surface area contributed by atoms with Crippen LogP contribution in [-0.4, -0.2) is 50.1 Å². The van der Waals surface area contributed by atoms with Crippen molar-refractivity contribution < 1.29 is 4.39 Å². The zero-order valence-corrected chi connectivity index (χ0v) is 12.3. The molecule has 0 bridgehead atoms. The number of halogens is 1. The average molecular weight is 267 g/mol. The van der Waals surface area contributed by atoms with Gasteiger partial charge in [0.25, 0.3) is 0 Å². The molecule has 0 saturated carbocycles. The Morgan fingerprint density at radius 3 is 2.42 bits per heavy atom. The summed E-state index contributed by atoms with van der Waals surface area (Å²) in [4.78, 5) is 4.41. The second kappa shape index (κ2) is 8.25. The van der Waals surface area contributed by atoms with Gasteiger partial charge in [0.15, 0.2) is 0 Å². The Morgan fingerprint density at radius 2 is 1.89 bits per heavy atom. The van der Waals surface area contributed by atoms with Crippen LogP contribution in [0.25, 0.3) is 0 Å². The van der Waals surface area contributed by atoms with E-state index in [9.17, 15) is 4.39 Å². The van der Waals surface area contributed by atoms with Gasteiger partial charge in [0, 0.05) is 24.7 Å². The van der Waals surface area contributed by atoms with Gasteiger partial charge in [-0.15, -0.1) is 0 Å². The molecule has 1 atom stereocenters. The first kappa shape index (κ1) is 16.1. The Balaban J connectivity index is 2.73. The van der Waals surface area contributed by atoms with Gasteiger partial charge in [-0.05, 0) is 39.7 Å². The summed E-state index contributed by atoms with van der Waals surface area (Å²) in [6, 6.07) is 6.89. The van der Waals surface area contributed by atoms with E-state index < -0.39 is 0 Å². The fourth-order valence-corrected chi connectivity index (χ4v) is 2.34. The van der Waals surface area contributed by atoms with Gasteiger partial charge in [0.05, 0.1) is 0 Å². The molecular weight excluding hydrogens is 241 g/mol. The van der Waals surface area contributed by atoms with Gasteiger partial charge in [-0.1, -0.05) is 25.1 Å². The minimum Gasteiger partial charge on any atom is -0.329 e. The van der Waals surface area contributed by atoms with Crippen molar-refractivity contribution in [2.75, 3.05) is 40.3 Å². The summed E-state index contributed by atoms with van der Waals surface area (Å²) in [5, 5.41) is 0. The zero-order valence-electron chi connectivity index (χ0n) is 12.3. The summed E-state index contributed by atoms with van der Waals surface area (Å²) in [7, 11) is 4.13. The summed E-state index contributed by atoms with van der Waals surface area (Å²) >= 11 is 0. The van der Waals surface area contributed by atoms with Crippen LogP contribution < -0.4 is 5.73 Å². The summed E-state index contributed by atoms with van der Waals surface area (Å²) in [6.07, 6.45) is 1.06. The van der Waals surface area contributed by atoms with E-state index in [1.54, 1.807) is 6.07 Å². The number of hydrogen-bond donors (Lipinski definition) is 1. The normalized spacial score (nSPS) is 13.2. The van der Waals surface area contributed by atoms with Gasteiger partial charge in [0.1, 0.15) is 5.82 Å². The standard InChI is InChI=1S/C15H26FN3/c1-4-19(11-7-10-18(2)3)15(12-17)13-8-5-6-9-14(13)16/h5-6,8-9,15H,4,7,10-12,17H2,1-3H3. The monoisotopic (exact) mass is 267 g/mol. The Bertz CT molecular complexity index is 368. The van der Waals surface area contributed by atoms with Gasteiger partial charge < -0.3 is 10.6 Å². The summed E-state index contributed by atoms with van der Waals surface area (Å²) in [5.74, 6) is -0.163. The topological polar surface area (TPSA) is 32.5 Å². The lowest BCUT2D eigenvalue weighted by Crippen LogP contribution is -2.36. The summed E-state index contributed by atoms with van der Waals surface area (Å²) in [5.41, 5.74) is 6.57. The molecule has 19 heavy (non-hydrogen) atoms. The van der Waals surface area contributed by atoms with Crippen LogP contribution in [0.2, 0.25) is 0 Å². The average Bonchev–Trinajstić information content (AvgIpc) is 2.39. The van der Waals surface area contributed by atoms with E-state index in [4.69, 9.17) is 5.73 Å². The van der Waals surface area contributed by atoms with Crippen molar-refractivity contribution >= 4 is 0 Å². The summed E-state index contributed by atoms with van der Waals surface area (Å²) in [6.45, 7) is 5.38. The van der Waals surface area contributed by atoms with Gasteiger partial charge in [0.2, 0.25) is 0 Å². The molecule has 0 aliphatic rings. The molecule has 1 aromatic rings. The first-order chi connectivity index (χ1) is 9.10. The Labute approximate surface area is 116 Å². The van der Waals surface area contributed by atoms with Crippen LogP contribution in [0.1, 0.15) is 24.9 Å². The van der Waals surface area contributed by atoms with Crippen molar-refractivity contribution in [2.45, 2.75) is 19.4 Å². The second-order valence-corrected chi connectivity index (χ2v) is 5.06. The van der Waals surface area contributed by atoms with E-state index in [0.29, 0.717) is 12.1 Å². The Kier molecular flexibility index (Phi) is 6.99. The largest absolute Gasteiger partial charge is 0.329 e. The van der Waals surface area contributed by atoms with Crippen LogP contribution in [0.5, 0.6) is 0 Å². The van der Waals surface area contributed by atoms with Crippen LogP contribution in [0, 0.1) is 5.82 Å². The molecule has 2 N–H and O–H groups in total. The lowest BCUT2D eigenvalue weighted by molar-refractivity contribution is 0.198. The number of nitrogens with two attached hydrogens (primary N) is 1. The third-order valence-corrected chi connectivity index (χ3v) is 3.39. The minimum absolute atomic E-state index is 0.0339. The molecule has 0 aromatic heterocycles. The van der Waals surface area contributed by atoms with E-state index in [1.165, 1.54) is 6.07 Å². The predicted molar refractivity (Wildman–Crippen MR) is 78.6 cm³/mol. The lowest BCUT2D eigenvalue weighted by atomic mass is 10.0. The van der Waals surface area contributed by atoms with E-state index in [2.05, 4.69) is 30.8 Å². The van der Waals surface area contributed by atoms with E-state index in [-0.39, 0.29) is 11.9 Å². The Morgan fingerprint density at radius 1 is 1.21 bits per heavy atom. The van der Waals surface area contributed by atoms with E-state index in [0.717, 1.165) is 26.1 Å². The number of benzene rings is 1. The lowest BCUT2D eigenvalue weighted by Gasteiger charge is -2.30. The van der Waals surface area contributed by atoms with Gasteiger partial charge >= 0.3 is 0 Å². The molecule has 0 heterocycles. The highest BCUT2D eigenvalue weighted by Crippen LogP contribution is 2.22. The molecule has 0 saturated heterocycles. The zero-order chi connectivity index (χ0) is 14.3. The smallest absolute Gasteiger partial charge is 0.128 e. The molecule has 1 rings (SSSR count). The third-order valence-electron chi connectivity index (χ3n) is 3.39. The second-order valence-electron chi connectivity index (χ2n) is 5.06. The first-order valence-corrected chi connectivity index (χ1v) is 6.93. The first-order valence-electron chi connectivity index (χ1n) is 6.93. The molecular formula is C15H26FN3. The third kappa shape index (κ3) is 4.90. The minimum atomic E-state index is -0.163. The Hall–Kier alpha value is -0.970. The number of hydrogen-bond acceptors (Lipinski definition) is 3. The maximum atomic E-state index is 13.9.